The maximum Gasteiger partial charge on any atom is 0.0700 e. The second-order valence-corrected chi connectivity index (χ2v) is 6.31. The second-order valence-electron chi connectivity index (χ2n) is 6.31. The first-order valence-corrected chi connectivity index (χ1v) is 8.14. The minimum Gasteiger partial charge on any atom is -0.393 e. The fourth-order valence-electron chi connectivity index (χ4n) is 3.62. The number of rotatable bonds is 7. The molecule has 2 aliphatic rings. The van der Waals surface area contributed by atoms with E-state index in [0.717, 1.165) is 25.9 Å². The average molecular weight is 286 g/mol. The first-order valence-electron chi connectivity index (χ1n) is 8.14. The summed E-state index contributed by atoms with van der Waals surface area (Å²) in [6.45, 7) is 2.67. The molecule has 1 saturated heterocycles. The van der Waals surface area contributed by atoms with Gasteiger partial charge < -0.3 is 19.3 Å². The van der Waals surface area contributed by atoms with Gasteiger partial charge in [-0.25, -0.2) is 0 Å². The third-order valence-corrected chi connectivity index (χ3v) is 4.83. The maximum absolute atomic E-state index is 10.4. The molecule has 1 heterocycles. The quantitative estimate of drug-likeness (QED) is 0.731. The van der Waals surface area contributed by atoms with Gasteiger partial charge in [-0.2, -0.15) is 0 Å². The van der Waals surface area contributed by atoms with Crippen LogP contribution in [-0.4, -0.2) is 50.3 Å². The highest BCUT2D eigenvalue weighted by molar-refractivity contribution is 4.91. The molecule has 0 amide bonds. The van der Waals surface area contributed by atoms with Crippen LogP contribution in [0.5, 0.6) is 0 Å². The van der Waals surface area contributed by atoms with Gasteiger partial charge in [0.1, 0.15) is 0 Å². The van der Waals surface area contributed by atoms with Crippen LogP contribution in [-0.2, 0) is 14.2 Å². The van der Waals surface area contributed by atoms with E-state index < -0.39 is 0 Å². The fraction of sp³-hybridized carbons (Fsp3) is 1.00. The highest BCUT2D eigenvalue weighted by atomic mass is 16.5. The van der Waals surface area contributed by atoms with E-state index in [9.17, 15) is 5.11 Å². The predicted octanol–water partition coefficient (Wildman–Crippen LogP) is 2.53. The summed E-state index contributed by atoms with van der Waals surface area (Å²) in [5.74, 6) is 0.382. The molecule has 1 aliphatic carbocycles. The summed E-state index contributed by atoms with van der Waals surface area (Å²) in [5.41, 5.74) is 0.0824. The first kappa shape index (κ1) is 16.2. The third kappa shape index (κ3) is 4.69. The van der Waals surface area contributed by atoms with Gasteiger partial charge in [0.25, 0.3) is 0 Å². The lowest BCUT2D eigenvalue weighted by atomic mass is 9.74. The van der Waals surface area contributed by atoms with E-state index in [1.54, 1.807) is 7.11 Å². The van der Waals surface area contributed by atoms with Gasteiger partial charge in [-0.3, -0.25) is 0 Å². The minimum absolute atomic E-state index is 0.0824. The molecule has 118 valence electrons. The van der Waals surface area contributed by atoms with Crippen molar-refractivity contribution in [2.75, 3.05) is 33.5 Å². The zero-order valence-corrected chi connectivity index (χ0v) is 12.8. The molecule has 4 nitrogen and oxygen atoms in total. The molecular formula is C16H30O4. The van der Waals surface area contributed by atoms with Gasteiger partial charge in [-0.1, -0.05) is 19.3 Å². The third-order valence-electron chi connectivity index (χ3n) is 4.83. The Hall–Kier alpha value is -0.160. The molecule has 2 rings (SSSR count). The predicted molar refractivity (Wildman–Crippen MR) is 77.8 cm³/mol. The Balaban J connectivity index is 1.70. The van der Waals surface area contributed by atoms with Crippen molar-refractivity contribution < 1.29 is 19.3 Å². The molecule has 0 aromatic heterocycles. The molecule has 1 saturated carbocycles. The highest BCUT2D eigenvalue weighted by Gasteiger charge is 2.40. The van der Waals surface area contributed by atoms with Crippen LogP contribution in [0.3, 0.4) is 0 Å². The van der Waals surface area contributed by atoms with Gasteiger partial charge in [0.15, 0.2) is 0 Å². The topological polar surface area (TPSA) is 47.9 Å². The largest absolute Gasteiger partial charge is 0.393 e. The van der Waals surface area contributed by atoms with Gasteiger partial charge in [0.05, 0.1) is 24.9 Å². The van der Waals surface area contributed by atoms with Crippen LogP contribution in [0.25, 0.3) is 0 Å². The monoisotopic (exact) mass is 286 g/mol. The average Bonchev–Trinajstić information content (AvgIpc) is 2.48. The van der Waals surface area contributed by atoms with E-state index in [4.69, 9.17) is 14.2 Å². The molecule has 0 bridgehead atoms. The number of aliphatic hydroxyl groups is 1. The Morgan fingerprint density at radius 3 is 2.75 bits per heavy atom. The standard InChI is InChI=1S/C16H30O4/c1-18-11-12-19-9-6-15(17)14-5-10-20-16(13-14)7-3-2-4-8-16/h14-15,17H,2-13H2,1H3. The maximum atomic E-state index is 10.4. The molecule has 0 radical (unpaired) electrons. The zero-order chi connectivity index (χ0) is 14.3. The molecule has 20 heavy (non-hydrogen) atoms. The lowest BCUT2D eigenvalue weighted by Crippen LogP contribution is -2.44. The fourth-order valence-corrected chi connectivity index (χ4v) is 3.62. The number of methoxy groups -OCH3 is 1. The van der Waals surface area contributed by atoms with E-state index in [-0.39, 0.29) is 11.7 Å². The van der Waals surface area contributed by atoms with Crippen LogP contribution >= 0.6 is 0 Å². The zero-order valence-electron chi connectivity index (χ0n) is 12.8. The van der Waals surface area contributed by atoms with Gasteiger partial charge in [0, 0.05) is 20.3 Å². The molecule has 1 spiro atoms. The summed E-state index contributed by atoms with van der Waals surface area (Å²) in [7, 11) is 1.67. The summed E-state index contributed by atoms with van der Waals surface area (Å²) >= 11 is 0. The lowest BCUT2D eigenvalue weighted by molar-refractivity contribution is -0.135. The van der Waals surface area contributed by atoms with Gasteiger partial charge in [-0.15, -0.1) is 0 Å². The molecule has 2 fully saturated rings. The molecule has 0 aromatic rings. The lowest BCUT2D eigenvalue weighted by Gasteiger charge is -2.44. The Morgan fingerprint density at radius 1 is 1.20 bits per heavy atom. The molecule has 4 heteroatoms. The summed E-state index contributed by atoms with van der Waals surface area (Å²) in [4.78, 5) is 0. The van der Waals surface area contributed by atoms with E-state index in [0.29, 0.717) is 25.7 Å². The van der Waals surface area contributed by atoms with Crippen molar-refractivity contribution in [3.8, 4) is 0 Å². The Morgan fingerprint density at radius 2 is 2.00 bits per heavy atom. The van der Waals surface area contributed by atoms with Gasteiger partial charge in [-0.05, 0) is 38.0 Å². The van der Waals surface area contributed by atoms with E-state index in [1.165, 1.54) is 32.1 Å². The number of hydrogen-bond donors (Lipinski definition) is 1. The van der Waals surface area contributed by atoms with Crippen molar-refractivity contribution in [1.29, 1.82) is 0 Å². The number of ether oxygens (including phenoxy) is 3. The molecule has 2 unspecified atom stereocenters. The Bertz CT molecular complexity index is 258. The number of hydrogen-bond acceptors (Lipinski definition) is 4. The van der Waals surface area contributed by atoms with Crippen molar-refractivity contribution in [2.24, 2.45) is 5.92 Å². The van der Waals surface area contributed by atoms with E-state index in [1.807, 2.05) is 0 Å². The second kappa shape index (κ2) is 8.32. The molecule has 0 aromatic carbocycles. The van der Waals surface area contributed by atoms with Crippen molar-refractivity contribution >= 4 is 0 Å². The Kier molecular flexibility index (Phi) is 6.75. The van der Waals surface area contributed by atoms with Crippen LogP contribution in [0.15, 0.2) is 0 Å². The molecule has 1 aliphatic heterocycles. The van der Waals surface area contributed by atoms with Crippen LogP contribution in [0, 0.1) is 5.92 Å². The molecular weight excluding hydrogens is 256 g/mol. The van der Waals surface area contributed by atoms with Crippen LogP contribution in [0.2, 0.25) is 0 Å². The van der Waals surface area contributed by atoms with Gasteiger partial charge >= 0.3 is 0 Å². The number of aliphatic hydroxyl groups excluding tert-OH is 1. The summed E-state index contributed by atoms with van der Waals surface area (Å²) in [6.07, 6.45) is 8.76. The molecule has 2 atom stereocenters. The SMILES string of the molecule is COCCOCCC(O)C1CCOC2(CCCCC2)C1. The van der Waals surface area contributed by atoms with Crippen LogP contribution < -0.4 is 0 Å². The van der Waals surface area contributed by atoms with Crippen LogP contribution in [0.1, 0.15) is 51.4 Å². The van der Waals surface area contributed by atoms with Crippen molar-refractivity contribution in [3.63, 3.8) is 0 Å². The summed E-state index contributed by atoms with van der Waals surface area (Å²) < 4.78 is 16.5. The Labute approximate surface area is 122 Å². The van der Waals surface area contributed by atoms with Crippen molar-refractivity contribution in [2.45, 2.75) is 63.1 Å². The summed E-state index contributed by atoms with van der Waals surface area (Å²) in [6, 6.07) is 0. The van der Waals surface area contributed by atoms with E-state index in [2.05, 4.69) is 0 Å². The van der Waals surface area contributed by atoms with E-state index >= 15 is 0 Å². The van der Waals surface area contributed by atoms with Crippen molar-refractivity contribution in [3.05, 3.63) is 0 Å². The van der Waals surface area contributed by atoms with Crippen LogP contribution in [0.4, 0.5) is 0 Å². The highest BCUT2D eigenvalue weighted by Crippen LogP contribution is 2.41. The van der Waals surface area contributed by atoms with Gasteiger partial charge in [0.2, 0.25) is 0 Å². The first-order chi connectivity index (χ1) is 9.76. The van der Waals surface area contributed by atoms with Crippen molar-refractivity contribution in [1.82, 2.24) is 0 Å². The minimum atomic E-state index is -0.250. The molecule has 1 N–H and O–H groups in total. The smallest absolute Gasteiger partial charge is 0.0700 e. The normalized spacial score (nSPS) is 27.6. The summed E-state index contributed by atoms with van der Waals surface area (Å²) in [5, 5.41) is 10.4.